The van der Waals surface area contributed by atoms with E-state index in [0.29, 0.717) is 11.3 Å². The van der Waals surface area contributed by atoms with Crippen molar-refractivity contribution in [2.75, 3.05) is 0 Å². The summed E-state index contributed by atoms with van der Waals surface area (Å²) >= 11 is 5.72. The molecule has 4 rings (SSSR count). The molecular formula is C20H14ClF3N4O3. The Balaban J connectivity index is 1.60. The van der Waals surface area contributed by atoms with E-state index in [1.165, 1.54) is 18.2 Å². The van der Waals surface area contributed by atoms with E-state index in [1.54, 1.807) is 6.92 Å². The maximum atomic E-state index is 14.6. The second-order valence-corrected chi connectivity index (χ2v) is 6.81. The smallest absolute Gasteiger partial charge is 0.350 e. The predicted octanol–water partition coefficient (Wildman–Crippen LogP) is 4.33. The van der Waals surface area contributed by atoms with E-state index < -0.39 is 23.1 Å². The first-order valence-corrected chi connectivity index (χ1v) is 9.48. The van der Waals surface area contributed by atoms with Gasteiger partial charge in [0.25, 0.3) is 0 Å². The lowest BCUT2D eigenvalue weighted by molar-refractivity contribution is 0.279. The van der Waals surface area contributed by atoms with Gasteiger partial charge in [0.2, 0.25) is 0 Å². The molecule has 0 amide bonds. The number of ether oxygens (including phenoxy) is 1. The van der Waals surface area contributed by atoms with Crippen LogP contribution in [0.2, 0.25) is 0 Å². The van der Waals surface area contributed by atoms with Gasteiger partial charge in [-0.3, -0.25) is 4.57 Å². The average molecular weight is 451 g/mol. The first-order chi connectivity index (χ1) is 14.9. The summed E-state index contributed by atoms with van der Waals surface area (Å²) in [4.78, 5) is 12.6. The lowest BCUT2D eigenvalue weighted by atomic mass is 10.2. The summed E-state index contributed by atoms with van der Waals surface area (Å²) in [6.45, 7) is 1.30. The molecule has 160 valence electrons. The molecule has 0 aliphatic carbocycles. The third-order valence-corrected chi connectivity index (χ3v) is 4.84. The molecular weight excluding hydrogens is 437 g/mol. The number of benzene rings is 2. The zero-order valence-electron chi connectivity index (χ0n) is 16.0. The fourth-order valence-electron chi connectivity index (χ4n) is 2.85. The van der Waals surface area contributed by atoms with E-state index in [1.807, 2.05) is 0 Å². The lowest BCUT2D eigenvalue weighted by Gasteiger charge is -2.06. The van der Waals surface area contributed by atoms with Crippen LogP contribution in [0.25, 0.3) is 5.69 Å². The molecule has 31 heavy (non-hydrogen) atoms. The highest BCUT2D eigenvalue weighted by Crippen LogP contribution is 2.30. The Bertz CT molecular complexity index is 1300. The van der Waals surface area contributed by atoms with Gasteiger partial charge in [-0.2, -0.15) is 9.78 Å². The van der Waals surface area contributed by atoms with Gasteiger partial charge in [-0.1, -0.05) is 11.2 Å². The number of hydrogen-bond donors (Lipinski definition) is 0. The minimum absolute atomic E-state index is 0.00402. The molecule has 2 aromatic heterocycles. The largest absolute Gasteiger partial charge is 0.421 e. The summed E-state index contributed by atoms with van der Waals surface area (Å²) < 4.78 is 54.6. The van der Waals surface area contributed by atoms with Crippen molar-refractivity contribution in [3.05, 3.63) is 87.5 Å². The normalized spacial score (nSPS) is 11.1. The van der Waals surface area contributed by atoms with E-state index in [2.05, 4.69) is 10.3 Å². The predicted molar refractivity (Wildman–Crippen MR) is 104 cm³/mol. The van der Waals surface area contributed by atoms with Crippen LogP contribution in [0.15, 0.2) is 52.0 Å². The van der Waals surface area contributed by atoms with Crippen molar-refractivity contribution >= 4 is 11.6 Å². The molecule has 0 fully saturated rings. The lowest BCUT2D eigenvalue weighted by Crippen LogP contribution is -2.24. The zero-order valence-corrected chi connectivity index (χ0v) is 16.7. The number of rotatable bonds is 6. The molecule has 0 aliphatic rings. The highest BCUT2D eigenvalue weighted by molar-refractivity contribution is 6.17. The van der Waals surface area contributed by atoms with Crippen molar-refractivity contribution in [1.29, 1.82) is 0 Å². The summed E-state index contributed by atoms with van der Waals surface area (Å²) in [6.07, 6.45) is 1.11. The van der Waals surface area contributed by atoms with Crippen LogP contribution in [0.3, 0.4) is 0 Å². The first-order valence-electron chi connectivity index (χ1n) is 8.95. The summed E-state index contributed by atoms with van der Waals surface area (Å²) in [5, 5.41) is 7.62. The molecule has 7 nitrogen and oxygen atoms in total. The Morgan fingerprint density at radius 3 is 2.52 bits per heavy atom. The van der Waals surface area contributed by atoms with Gasteiger partial charge in [0.05, 0.1) is 23.7 Å². The third kappa shape index (κ3) is 3.93. The van der Waals surface area contributed by atoms with Gasteiger partial charge in [0.1, 0.15) is 23.7 Å². The van der Waals surface area contributed by atoms with Gasteiger partial charge in [-0.05, 0) is 31.2 Å². The highest BCUT2D eigenvalue weighted by Gasteiger charge is 2.17. The summed E-state index contributed by atoms with van der Waals surface area (Å²) in [6, 6.07) is 7.13. The van der Waals surface area contributed by atoms with Crippen molar-refractivity contribution < 1.29 is 22.4 Å². The average Bonchev–Trinajstić information content (AvgIpc) is 3.28. The maximum absolute atomic E-state index is 14.6. The van der Waals surface area contributed by atoms with Crippen LogP contribution in [-0.2, 0) is 12.4 Å². The van der Waals surface area contributed by atoms with Crippen LogP contribution >= 0.6 is 11.6 Å². The molecule has 4 aromatic rings. The van der Waals surface area contributed by atoms with Crippen LogP contribution in [0.1, 0.15) is 16.8 Å². The summed E-state index contributed by atoms with van der Waals surface area (Å²) in [5.74, 6) is -2.41. The van der Waals surface area contributed by atoms with Crippen molar-refractivity contribution in [3.8, 4) is 17.4 Å². The molecule has 0 aliphatic heterocycles. The number of alkyl halides is 1. The minimum Gasteiger partial charge on any atom is -0.421 e. The second kappa shape index (κ2) is 8.31. The molecule has 0 radical (unpaired) electrons. The molecule has 0 spiro atoms. The van der Waals surface area contributed by atoms with Crippen LogP contribution in [0.5, 0.6) is 11.7 Å². The quantitative estimate of drug-likeness (QED) is 0.409. The van der Waals surface area contributed by atoms with Crippen molar-refractivity contribution in [3.63, 3.8) is 0 Å². The fraction of sp³-hybridized carbons (Fsp3) is 0.150. The second-order valence-electron chi connectivity index (χ2n) is 6.55. The summed E-state index contributed by atoms with van der Waals surface area (Å²) in [7, 11) is 0. The Kier molecular flexibility index (Phi) is 5.55. The fourth-order valence-corrected chi connectivity index (χ4v) is 3.10. The van der Waals surface area contributed by atoms with Gasteiger partial charge < -0.3 is 9.26 Å². The summed E-state index contributed by atoms with van der Waals surface area (Å²) in [5.41, 5.74) is 0.121. The molecule has 0 N–H and O–H groups in total. The number of aromatic nitrogens is 4. The van der Waals surface area contributed by atoms with Crippen molar-refractivity contribution in [1.82, 2.24) is 19.5 Å². The number of nitrogens with zero attached hydrogens (tertiary/aromatic N) is 4. The Morgan fingerprint density at radius 2 is 1.87 bits per heavy atom. The highest BCUT2D eigenvalue weighted by atomic mass is 35.5. The van der Waals surface area contributed by atoms with Crippen molar-refractivity contribution in [2.45, 2.75) is 19.3 Å². The molecule has 11 heteroatoms. The SMILES string of the molecule is Cc1c(CCl)noc1Oc1ccc(-n2ncn(Cc3c(F)cccc3F)c2=O)cc1F. The van der Waals surface area contributed by atoms with Crippen LogP contribution < -0.4 is 10.4 Å². The number of halogens is 4. The molecule has 0 unspecified atom stereocenters. The molecule has 2 aromatic carbocycles. The van der Waals surface area contributed by atoms with Gasteiger partial charge in [0.15, 0.2) is 11.6 Å². The van der Waals surface area contributed by atoms with Crippen LogP contribution in [-0.4, -0.2) is 19.5 Å². The van der Waals surface area contributed by atoms with Gasteiger partial charge in [-0.25, -0.2) is 18.0 Å². The van der Waals surface area contributed by atoms with E-state index in [9.17, 15) is 18.0 Å². The maximum Gasteiger partial charge on any atom is 0.350 e. The Morgan fingerprint density at radius 1 is 1.13 bits per heavy atom. The van der Waals surface area contributed by atoms with Gasteiger partial charge in [0, 0.05) is 11.6 Å². The molecule has 0 atom stereocenters. The van der Waals surface area contributed by atoms with Crippen molar-refractivity contribution in [2.24, 2.45) is 0 Å². The van der Waals surface area contributed by atoms with Gasteiger partial charge in [-0.15, -0.1) is 11.6 Å². The molecule has 2 heterocycles. The third-order valence-electron chi connectivity index (χ3n) is 4.59. The van der Waals surface area contributed by atoms with E-state index >= 15 is 0 Å². The topological polar surface area (TPSA) is 75.1 Å². The minimum atomic E-state index is -0.790. The standard InChI is InChI=1S/C20H14ClF3N4O3/c1-11-17(8-21)26-31-19(11)30-18-6-5-12(7-16(18)24)28-20(29)27(10-25-28)9-13-14(22)3-2-4-15(13)23/h2-7,10H,8-9H2,1H3. The Labute approximate surface area is 178 Å². The number of hydrogen-bond acceptors (Lipinski definition) is 5. The molecule has 0 saturated heterocycles. The van der Waals surface area contributed by atoms with E-state index in [-0.39, 0.29) is 35.4 Å². The molecule has 0 bridgehead atoms. The zero-order chi connectivity index (χ0) is 22.1. The van der Waals surface area contributed by atoms with Gasteiger partial charge >= 0.3 is 11.6 Å². The van der Waals surface area contributed by atoms with E-state index in [4.69, 9.17) is 20.9 Å². The molecule has 0 saturated carbocycles. The van der Waals surface area contributed by atoms with E-state index in [0.717, 1.165) is 33.8 Å². The van der Waals surface area contributed by atoms with Crippen LogP contribution in [0.4, 0.5) is 13.2 Å². The Hall–Kier alpha value is -3.53. The van der Waals surface area contributed by atoms with Crippen LogP contribution in [0, 0.1) is 24.4 Å². The first kappa shape index (κ1) is 20.7. The monoisotopic (exact) mass is 450 g/mol.